The number of aromatic nitrogens is 3. The van der Waals surface area contributed by atoms with Crippen LogP contribution in [0.2, 0.25) is 5.02 Å². The molecule has 0 bridgehead atoms. The zero-order valence-corrected chi connectivity index (χ0v) is 17.6. The van der Waals surface area contributed by atoms with E-state index in [4.69, 9.17) is 20.8 Å². The predicted octanol–water partition coefficient (Wildman–Crippen LogP) is 3.92. The Balaban J connectivity index is 1.55. The lowest BCUT2D eigenvalue weighted by Crippen LogP contribution is -2.17. The lowest BCUT2D eigenvalue weighted by atomic mass is 10.0. The number of carbonyl (C=O) groups is 1. The van der Waals surface area contributed by atoms with Crippen molar-refractivity contribution in [2.75, 3.05) is 12.4 Å². The van der Waals surface area contributed by atoms with Crippen molar-refractivity contribution in [2.45, 2.75) is 19.8 Å². The van der Waals surface area contributed by atoms with Crippen LogP contribution in [0.4, 0.5) is 5.69 Å². The quantitative estimate of drug-likeness (QED) is 0.458. The highest BCUT2D eigenvalue weighted by Crippen LogP contribution is 2.28. The number of nitrogens with one attached hydrogen (secondary N) is 1. The number of rotatable bonds is 6. The number of methoxy groups -OCH3 is 1. The summed E-state index contributed by atoms with van der Waals surface area (Å²) in [4.78, 5) is 29.1. The highest BCUT2D eigenvalue weighted by molar-refractivity contribution is 6.33. The number of amides is 1. The minimum Gasteiger partial charge on any atom is -0.497 e. The summed E-state index contributed by atoms with van der Waals surface area (Å²) in [7, 11) is 1.55. The molecule has 2 aromatic heterocycles. The van der Waals surface area contributed by atoms with Gasteiger partial charge in [-0.05, 0) is 43.2 Å². The van der Waals surface area contributed by atoms with Gasteiger partial charge in [0.2, 0.25) is 5.91 Å². The second kappa shape index (κ2) is 8.61. The van der Waals surface area contributed by atoms with Crippen molar-refractivity contribution < 1.29 is 13.9 Å². The molecule has 2 aromatic carbocycles. The van der Waals surface area contributed by atoms with E-state index in [0.29, 0.717) is 33.3 Å². The minimum atomic E-state index is -0.461. The van der Waals surface area contributed by atoms with Crippen LogP contribution in [0, 0.1) is 6.92 Å². The lowest BCUT2D eigenvalue weighted by molar-refractivity contribution is -0.116. The molecule has 0 atom stereocenters. The molecule has 1 N–H and O–H groups in total. The molecule has 1 amide bonds. The van der Waals surface area contributed by atoms with Crippen LogP contribution in [0.5, 0.6) is 5.75 Å². The number of anilines is 1. The summed E-state index contributed by atoms with van der Waals surface area (Å²) >= 11 is 6.29. The van der Waals surface area contributed by atoms with E-state index in [9.17, 15) is 9.59 Å². The highest BCUT2D eigenvalue weighted by Gasteiger charge is 2.16. The molecule has 9 heteroatoms. The number of ether oxygens (including phenoxy) is 1. The Hall–Kier alpha value is -3.65. The van der Waals surface area contributed by atoms with Crippen molar-refractivity contribution in [1.29, 1.82) is 0 Å². The number of nitrogens with zero attached hydrogens (tertiary/aromatic N) is 3. The van der Waals surface area contributed by atoms with Crippen molar-refractivity contribution in [3.05, 3.63) is 75.6 Å². The van der Waals surface area contributed by atoms with Crippen molar-refractivity contribution in [1.82, 2.24) is 14.8 Å². The van der Waals surface area contributed by atoms with Gasteiger partial charge in [-0.15, -0.1) is 0 Å². The third kappa shape index (κ3) is 4.15. The monoisotopic (exact) mass is 438 g/mol. The number of carbonyl (C=O) groups excluding carboxylic acids is 1. The number of para-hydroxylation sites is 1. The molecule has 0 saturated carbocycles. The maximum atomic E-state index is 12.6. The van der Waals surface area contributed by atoms with E-state index in [1.54, 1.807) is 37.4 Å². The van der Waals surface area contributed by atoms with E-state index in [1.165, 1.54) is 17.3 Å². The summed E-state index contributed by atoms with van der Waals surface area (Å²) in [6.45, 7) is 1.85. The van der Waals surface area contributed by atoms with E-state index in [2.05, 4.69) is 15.4 Å². The first kappa shape index (κ1) is 20.6. The SMILES string of the molecule is COc1ccc2c(C)c(CCC(=O)Nc3cccc(Cl)c3-n3cncn3)c(=O)oc2c1. The zero-order chi connectivity index (χ0) is 22.0. The van der Waals surface area contributed by atoms with Crippen LogP contribution < -0.4 is 15.7 Å². The maximum Gasteiger partial charge on any atom is 0.339 e. The first-order valence-corrected chi connectivity index (χ1v) is 9.89. The Labute approximate surface area is 182 Å². The summed E-state index contributed by atoms with van der Waals surface area (Å²) in [5, 5.41) is 8.15. The first-order valence-electron chi connectivity index (χ1n) is 9.51. The summed E-state index contributed by atoms with van der Waals surface area (Å²) < 4.78 is 12.1. The fourth-order valence-electron chi connectivity index (χ4n) is 3.41. The summed E-state index contributed by atoms with van der Waals surface area (Å²) in [5.41, 5.74) is 2.26. The molecule has 4 rings (SSSR count). The molecule has 0 fully saturated rings. The van der Waals surface area contributed by atoms with Gasteiger partial charge in [-0.1, -0.05) is 17.7 Å². The molecule has 8 nitrogen and oxygen atoms in total. The molecule has 2 heterocycles. The first-order chi connectivity index (χ1) is 15.0. The fourth-order valence-corrected chi connectivity index (χ4v) is 3.68. The smallest absolute Gasteiger partial charge is 0.339 e. The molecule has 31 heavy (non-hydrogen) atoms. The van der Waals surface area contributed by atoms with Crippen molar-refractivity contribution >= 4 is 34.2 Å². The van der Waals surface area contributed by atoms with Gasteiger partial charge in [0.25, 0.3) is 0 Å². The number of benzene rings is 2. The van der Waals surface area contributed by atoms with E-state index < -0.39 is 5.63 Å². The van der Waals surface area contributed by atoms with Gasteiger partial charge in [0.15, 0.2) is 0 Å². The predicted molar refractivity (Wildman–Crippen MR) is 117 cm³/mol. The fraction of sp³-hybridized carbons (Fsp3) is 0.182. The molecule has 0 aliphatic rings. The van der Waals surface area contributed by atoms with E-state index in [1.807, 2.05) is 13.0 Å². The number of hydrogen-bond donors (Lipinski definition) is 1. The van der Waals surface area contributed by atoms with Gasteiger partial charge in [0.05, 0.1) is 17.8 Å². The maximum absolute atomic E-state index is 12.6. The van der Waals surface area contributed by atoms with Crippen LogP contribution in [0.3, 0.4) is 0 Å². The molecule has 0 aliphatic carbocycles. The molecule has 0 spiro atoms. The molecule has 0 radical (unpaired) electrons. The van der Waals surface area contributed by atoms with Crippen LogP contribution in [0.25, 0.3) is 16.7 Å². The number of aryl methyl sites for hydroxylation is 1. The Kier molecular flexibility index (Phi) is 5.73. The molecule has 0 saturated heterocycles. The van der Waals surface area contributed by atoms with Crippen molar-refractivity contribution in [3.63, 3.8) is 0 Å². The Morgan fingerprint density at radius 2 is 2.13 bits per heavy atom. The lowest BCUT2D eigenvalue weighted by Gasteiger charge is -2.13. The topological polar surface area (TPSA) is 99.2 Å². The molecule has 4 aromatic rings. The normalized spacial score (nSPS) is 10.9. The van der Waals surface area contributed by atoms with Crippen molar-refractivity contribution in [3.8, 4) is 11.4 Å². The summed E-state index contributed by atoms with van der Waals surface area (Å²) in [6.07, 6.45) is 3.21. The number of fused-ring (bicyclic) bond motifs is 1. The third-order valence-electron chi connectivity index (χ3n) is 5.01. The van der Waals surface area contributed by atoms with E-state index in [0.717, 1.165) is 10.9 Å². The summed E-state index contributed by atoms with van der Waals surface area (Å²) in [6, 6.07) is 10.5. The number of halogens is 1. The molecule has 0 aliphatic heterocycles. The average Bonchev–Trinajstić information content (AvgIpc) is 3.27. The van der Waals surface area contributed by atoms with E-state index >= 15 is 0 Å². The molecule has 0 unspecified atom stereocenters. The Morgan fingerprint density at radius 3 is 2.87 bits per heavy atom. The van der Waals surface area contributed by atoms with Gasteiger partial charge in [0, 0.05) is 23.4 Å². The van der Waals surface area contributed by atoms with E-state index in [-0.39, 0.29) is 18.7 Å². The van der Waals surface area contributed by atoms with Crippen LogP contribution in [0.1, 0.15) is 17.5 Å². The van der Waals surface area contributed by atoms with Gasteiger partial charge < -0.3 is 14.5 Å². The van der Waals surface area contributed by atoms with Gasteiger partial charge in [-0.3, -0.25) is 4.79 Å². The van der Waals surface area contributed by atoms with Crippen LogP contribution >= 0.6 is 11.6 Å². The molecular weight excluding hydrogens is 420 g/mol. The van der Waals surface area contributed by atoms with Gasteiger partial charge in [0.1, 0.15) is 29.7 Å². The van der Waals surface area contributed by atoms with Gasteiger partial charge in [-0.25, -0.2) is 14.5 Å². The highest BCUT2D eigenvalue weighted by atomic mass is 35.5. The Bertz CT molecular complexity index is 1320. The third-order valence-corrected chi connectivity index (χ3v) is 5.31. The van der Waals surface area contributed by atoms with Gasteiger partial charge in [-0.2, -0.15) is 5.10 Å². The molecular formula is C22H19ClN4O4. The van der Waals surface area contributed by atoms with Crippen LogP contribution in [0.15, 0.2) is 58.3 Å². The number of hydrogen-bond acceptors (Lipinski definition) is 6. The standard InChI is InChI=1S/C22H19ClN4O4/c1-13-15-7-6-14(30-2)10-19(15)31-22(29)16(13)8-9-20(28)26-18-5-3-4-17(23)21(18)27-12-24-11-25-27/h3-7,10-12H,8-9H2,1-2H3,(H,26,28). The second-order valence-electron chi connectivity index (χ2n) is 6.88. The van der Waals surface area contributed by atoms with Crippen LogP contribution in [-0.4, -0.2) is 27.8 Å². The zero-order valence-electron chi connectivity index (χ0n) is 16.9. The minimum absolute atomic E-state index is 0.0938. The Morgan fingerprint density at radius 1 is 1.29 bits per heavy atom. The van der Waals surface area contributed by atoms with Crippen molar-refractivity contribution in [2.24, 2.45) is 0 Å². The van der Waals surface area contributed by atoms with Gasteiger partial charge >= 0.3 is 5.63 Å². The largest absolute Gasteiger partial charge is 0.497 e. The molecule has 158 valence electrons. The van der Waals surface area contributed by atoms with Crippen LogP contribution in [-0.2, 0) is 11.2 Å². The average molecular weight is 439 g/mol. The summed E-state index contributed by atoms with van der Waals surface area (Å²) in [5.74, 6) is 0.337. The second-order valence-corrected chi connectivity index (χ2v) is 7.29.